The van der Waals surface area contributed by atoms with Crippen LogP contribution in [0.25, 0.3) is 22.8 Å². The summed E-state index contributed by atoms with van der Waals surface area (Å²) in [6.45, 7) is 3.98. The Bertz CT molecular complexity index is 1390. The van der Waals surface area contributed by atoms with Crippen molar-refractivity contribution in [2.24, 2.45) is 5.92 Å². The second-order valence-electron chi connectivity index (χ2n) is 9.75. The predicted molar refractivity (Wildman–Crippen MR) is 133 cm³/mol. The highest BCUT2D eigenvalue weighted by molar-refractivity contribution is 5.83. The Hall–Kier alpha value is -4.03. The lowest BCUT2D eigenvalue weighted by molar-refractivity contribution is -0.129. The van der Waals surface area contributed by atoms with Crippen molar-refractivity contribution in [3.05, 3.63) is 53.1 Å². The fourth-order valence-corrected chi connectivity index (χ4v) is 5.37. The van der Waals surface area contributed by atoms with E-state index in [-0.39, 0.29) is 49.2 Å². The number of carbonyl (C=O) groups excluding carboxylic acids is 2. The topological polar surface area (TPSA) is 130 Å². The molecule has 1 N–H and O–H groups in total. The van der Waals surface area contributed by atoms with E-state index in [4.69, 9.17) is 14.4 Å². The lowest BCUT2D eigenvalue weighted by atomic mass is 10.0. The molecule has 9 heteroatoms. The van der Waals surface area contributed by atoms with Crippen molar-refractivity contribution in [3.8, 4) is 34.7 Å². The number of aromatic nitrogens is 2. The van der Waals surface area contributed by atoms with Crippen LogP contribution in [-0.4, -0.2) is 51.1 Å². The first kappa shape index (κ1) is 24.7. The monoisotopic (exact) mass is 500 g/mol. The standard InChI is InChI=1S/C28H28N4O5/c1-16(2)36-24-7-6-17(12-19(24)15-29)28-30-27(31-37-28)22-5-3-4-21-23(22)13-18-14-25(35)32(26(18)21)10-8-20(34)9-11-33/h3-7,12,16,18,26,33H,8-11,13-14H2,1-2H3. The fraction of sp³-hybridized carbons (Fsp3) is 0.393. The van der Waals surface area contributed by atoms with Gasteiger partial charge in [0.05, 0.1) is 17.7 Å². The summed E-state index contributed by atoms with van der Waals surface area (Å²) < 4.78 is 11.3. The van der Waals surface area contributed by atoms with Crippen molar-refractivity contribution < 1.29 is 24.0 Å². The third kappa shape index (κ3) is 4.72. The van der Waals surface area contributed by atoms with Crippen molar-refractivity contribution >= 4 is 11.7 Å². The van der Waals surface area contributed by atoms with E-state index in [0.717, 1.165) is 16.7 Å². The highest BCUT2D eigenvalue weighted by Gasteiger charge is 2.46. The minimum absolute atomic E-state index is 0.0478. The van der Waals surface area contributed by atoms with Gasteiger partial charge in [0, 0.05) is 43.5 Å². The van der Waals surface area contributed by atoms with E-state index in [1.165, 1.54) is 0 Å². The van der Waals surface area contributed by atoms with Gasteiger partial charge in [0.2, 0.25) is 11.7 Å². The van der Waals surface area contributed by atoms with Crippen LogP contribution in [0.15, 0.2) is 40.9 Å². The predicted octanol–water partition coefficient (Wildman–Crippen LogP) is 3.85. The summed E-state index contributed by atoms with van der Waals surface area (Å²) in [5, 5.41) is 22.8. The molecule has 37 heavy (non-hydrogen) atoms. The third-order valence-electron chi connectivity index (χ3n) is 6.94. The van der Waals surface area contributed by atoms with Crippen molar-refractivity contribution in [1.82, 2.24) is 15.0 Å². The van der Waals surface area contributed by atoms with E-state index >= 15 is 0 Å². The zero-order valence-electron chi connectivity index (χ0n) is 20.8. The number of nitriles is 1. The molecule has 0 spiro atoms. The molecule has 3 aromatic rings. The van der Waals surface area contributed by atoms with Gasteiger partial charge in [-0.3, -0.25) is 9.59 Å². The first-order valence-electron chi connectivity index (χ1n) is 12.5. The van der Waals surface area contributed by atoms with Crippen molar-refractivity contribution in [2.45, 2.75) is 51.7 Å². The Kier molecular flexibility index (Phi) is 6.76. The first-order valence-corrected chi connectivity index (χ1v) is 12.5. The van der Waals surface area contributed by atoms with Crippen LogP contribution in [0.4, 0.5) is 0 Å². The van der Waals surface area contributed by atoms with Crippen LogP contribution >= 0.6 is 0 Å². The van der Waals surface area contributed by atoms with Crippen LogP contribution in [0, 0.1) is 17.2 Å². The Morgan fingerprint density at radius 3 is 2.86 bits per heavy atom. The molecular formula is C28H28N4O5. The van der Waals surface area contributed by atoms with Crippen molar-refractivity contribution in [1.29, 1.82) is 5.26 Å². The zero-order chi connectivity index (χ0) is 26.1. The van der Waals surface area contributed by atoms with Gasteiger partial charge in [-0.1, -0.05) is 23.4 Å². The normalized spacial score (nSPS) is 18.1. The number of ketones is 1. The maximum absolute atomic E-state index is 12.7. The molecule has 1 aliphatic carbocycles. The average Bonchev–Trinajstić information content (AvgIpc) is 3.57. The second-order valence-corrected chi connectivity index (χ2v) is 9.75. The summed E-state index contributed by atoms with van der Waals surface area (Å²) in [4.78, 5) is 31.1. The number of amides is 1. The third-order valence-corrected chi connectivity index (χ3v) is 6.94. The lowest BCUT2D eigenvalue weighted by Gasteiger charge is -2.25. The molecule has 190 valence electrons. The molecular weight excluding hydrogens is 472 g/mol. The van der Waals surface area contributed by atoms with Gasteiger partial charge in [-0.2, -0.15) is 10.2 Å². The second kappa shape index (κ2) is 10.1. The number of Topliss-reactive ketones (excluding diaryl/α,β-unsaturated/α-hetero) is 1. The van der Waals surface area contributed by atoms with Crippen LogP contribution in [0.5, 0.6) is 5.75 Å². The van der Waals surface area contributed by atoms with Gasteiger partial charge in [-0.25, -0.2) is 0 Å². The summed E-state index contributed by atoms with van der Waals surface area (Å²) >= 11 is 0. The summed E-state index contributed by atoms with van der Waals surface area (Å²) in [5.74, 6) is 1.40. The van der Waals surface area contributed by atoms with Crippen LogP contribution in [-0.2, 0) is 16.0 Å². The van der Waals surface area contributed by atoms with E-state index in [0.29, 0.717) is 48.0 Å². The van der Waals surface area contributed by atoms with Crippen molar-refractivity contribution in [2.75, 3.05) is 13.2 Å². The number of hydrogen-bond donors (Lipinski definition) is 1. The Morgan fingerprint density at radius 2 is 2.11 bits per heavy atom. The molecule has 1 saturated heterocycles. The van der Waals surface area contributed by atoms with Gasteiger partial charge in [-0.05, 0) is 55.5 Å². The molecule has 0 radical (unpaired) electrons. The summed E-state index contributed by atoms with van der Waals surface area (Å²) in [6, 6.07) is 13.2. The molecule has 1 fully saturated rings. The molecule has 0 bridgehead atoms. The number of ether oxygens (including phenoxy) is 1. The number of benzene rings is 2. The Balaban J connectivity index is 1.41. The molecule has 2 unspecified atom stereocenters. The van der Waals surface area contributed by atoms with Crippen LogP contribution in [0.3, 0.4) is 0 Å². The molecule has 2 atom stereocenters. The smallest absolute Gasteiger partial charge is 0.258 e. The maximum atomic E-state index is 12.7. The number of aliphatic hydroxyl groups excluding tert-OH is 1. The Labute approximate surface area is 214 Å². The molecule has 5 rings (SSSR count). The molecule has 2 aliphatic rings. The quantitative estimate of drug-likeness (QED) is 0.469. The van der Waals surface area contributed by atoms with E-state index in [1.807, 2.05) is 32.0 Å². The fourth-order valence-electron chi connectivity index (χ4n) is 5.37. The zero-order valence-corrected chi connectivity index (χ0v) is 20.8. The minimum atomic E-state index is -0.175. The van der Waals surface area contributed by atoms with Gasteiger partial charge in [0.25, 0.3) is 5.89 Å². The van der Waals surface area contributed by atoms with Crippen LogP contribution < -0.4 is 4.74 Å². The molecule has 1 amide bonds. The SMILES string of the molecule is CC(C)Oc1ccc(-c2nc(-c3cccc4c3CC3CC(=O)N(CCC(=O)CCO)C43)no2)cc1C#N. The van der Waals surface area contributed by atoms with Crippen LogP contribution in [0.2, 0.25) is 0 Å². The van der Waals surface area contributed by atoms with Gasteiger partial charge in [0.1, 0.15) is 17.6 Å². The maximum Gasteiger partial charge on any atom is 0.258 e. The average molecular weight is 501 g/mol. The van der Waals surface area contributed by atoms with Crippen molar-refractivity contribution in [3.63, 3.8) is 0 Å². The first-order chi connectivity index (χ1) is 17.9. The molecule has 2 aromatic carbocycles. The number of fused-ring (bicyclic) bond motifs is 3. The van der Waals surface area contributed by atoms with E-state index < -0.39 is 0 Å². The van der Waals surface area contributed by atoms with Gasteiger partial charge in [0.15, 0.2) is 0 Å². The van der Waals surface area contributed by atoms with Gasteiger partial charge < -0.3 is 19.3 Å². The summed E-state index contributed by atoms with van der Waals surface area (Å²) in [6.07, 6.45) is 1.45. The highest BCUT2D eigenvalue weighted by atomic mass is 16.5. The number of nitrogens with zero attached hydrogens (tertiary/aromatic N) is 4. The largest absolute Gasteiger partial charge is 0.490 e. The number of rotatable bonds is 9. The van der Waals surface area contributed by atoms with E-state index in [9.17, 15) is 14.9 Å². The van der Waals surface area contributed by atoms with E-state index in [2.05, 4.69) is 16.2 Å². The molecule has 1 aliphatic heterocycles. The summed E-state index contributed by atoms with van der Waals surface area (Å²) in [5.41, 5.74) is 4.01. The molecule has 2 heterocycles. The number of likely N-dealkylation sites (tertiary alicyclic amines) is 1. The number of hydrogen-bond acceptors (Lipinski definition) is 8. The van der Waals surface area contributed by atoms with Gasteiger partial charge in [-0.15, -0.1) is 0 Å². The van der Waals surface area contributed by atoms with Gasteiger partial charge >= 0.3 is 0 Å². The Morgan fingerprint density at radius 1 is 1.27 bits per heavy atom. The lowest BCUT2D eigenvalue weighted by Crippen LogP contribution is -2.30. The molecule has 0 saturated carbocycles. The molecule has 1 aromatic heterocycles. The van der Waals surface area contributed by atoms with Crippen LogP contribution in [0.1, 0.15) is 55.8 Å². The number of carbonyl (C=O) groups is 2. The minimum Gasteiger partial charge on any atom is -0.490 e. The number of aliphatic hydroxyl groups is 1. The van der Waals surface area contributed by atoms with E-state index in [1.54, 1.807) is 23.1 Å². The summed E-state index contributed by atoms with van der Waals surface area (Å²) in [7, 11) is 0. The highest BCUT2D eigenvalue weighted by Crippen LogP contribution is 2.49. The molecule has 9 nitrogen and oxygen atoms in total.